The molecule has 30 heavy (non-hydrogen) atoms. The van der Waals surface area contributed by atoms with Gasteiger partial charge in [-0.05, 0) is 35.2 Å². The molecule has 2 heterocycles. The highest BCUT2D eigenvalue weighted by atomic mass is 15.3. The fourth-order valence-corrected chi connectivity index (χ4v) is 4.32. The third-order valence-electron chi connectivity index (χ3n) is 5.94. The van der Waals surface area contributed by atoms with Gasteiger partial charge in [0.05, 0.1) is 0 Å². The average molecular weight is 395 g/mol. The highest BCUT2D eigenvalue weighted by Crippen LogP contribution is 2.25. The van der Waals surface area contributed by atoms with Crippen LogP contribution in [0.5, 0.6) is 0 Å². The van der Waals surface area contributed by atoms with Crippen molar-refractivity contribution in [3.05, 3.63) is 95.8 Å². The van der Waals surface area contributed by atoms with E-state index in [1.165, 1.54) is 22.3 Å². The minimum absolute atomic E-state index is 0.921. The van der Waals surface area contributed by atoms with Crippen molar-refractivity contribution in [1.82, 2.24) is 19.7 Å². The van der Waals surface area contributed by atoms with Crippen LogP contribution in [0, 0.1) is 6.92 Å². The largest absolute Gasteiger partial charge is 0.310 e. The number of aromatic nitrogens is 3. The van der Waals surface area contributed by atoms with Gasteiger partial charge in [-0.25, -0.2) is 0 Å². The van der Waals surface area contributed by atoms with E-state index in [0.717, 1.165) is 49.8 Å². The molecule has 0 spiro atoms. The molecular formula is C26H26N4. The zero-order valence-corrected chi connectivity index (χ0v) is 17.3. The van der Waals surface area contributed by atoms with Gasteiger partial charge in [-0.2, -0.15) is 0 Å². The molecule has 150 valence electrons. The second-order valence-electron chi connectivity index (χ2n) is 8.00. The van der Waals surface area contributed by atoms with Crippen LogP contribution in [-0.4, -0.2) is 32.8 Å². The van der Waals surface area contributed by atoms with E-state index in [2.05, 4.69) is 99.4 Å². The van der Waals surface area contributed by atoms with Crippen LogP contribution in [0.25, 0.3) is 22.5 Å². The molecule has 0 bridgehead atoms. The van der Waals surface area contributed by atoms with Crippen LogP contribution in [0.15, 0.2) is 78.9 Å². The Hall–Kier alpha value is -3.24. The lowest BCUT2D eigenvalue weighted by atomic mass is 9.99. The molecule has 0 unspecified atom stereocenters. The quantitative estimate of drug-likeness (QED) is 0.490. The Bertz CT molecular complexity index is 1150. The van der Waals surface area contributed by atoms with Crippen LogP contribution in [0.1, 0.15) is 17.0 Å². The fourth-order valence-electron chi connectivity index (χ4n) is 4.32. The predicted molar refractivity (Wildman–Crippen MR) is 121 cm³/mol. The highest BCUT2D eigenvalue weighted by molar-refractivity contribution is 5.67. The second-order valence-corrected chi connectivity index (χ2v) is 8.00. The topological polar surface area (TPSA) is 34.0 Å². The summed E-state index contributed by atoms with van der Waals surface area (Å²) in [6, 6.07) is 27.9. The molecule has 0 saturated heterocycles. The van der Waals surface area contributed by atoms with Gasteiger partial charge in [-0.15, -0.1) is 10.2 Å². The van der Waals surface area contributed by atoms with Gasteiger partial charge in [0.2, 0.25) is 0 Å². The first-order valence-corrected chi connectivity index (χ1v) is 10.6. The average Bonchev–Trinajstić information content (AvgIpc) is 3.09. The van der Waals surface area contributed by atoms with Gasteiger partial charge in [0, 0.05) is 38.2 Å². The summed E-state index contributed by atoms with van der Waals surface area (Å²) < 4.78 is 2.29. The molecule has 1 aliphatic rings. The Balaban J connectivity index is 1.32. The molecule has 1 aliphatic heterocycles. The van der Waals surface area contributed by atoms with Crippen molar-refractivity contribution < 1.29 is 0 Å². The zero-order chi connectivity index (χ0) is 20.3. The summed E-state index contributed by atoms with van der Waals surface area (Å²) in [6.45, 7) is 6.06. The first-order valence-electron chi connectivity index (χ1n) is 10.6. The molecule has 4 aromatic rings. The lowest BCUT2D eigenvalue weighted by molar-refractivity contribution is 0.271. The van der Waals surface area contributed by atoms with Crippen LogP contribution >= 0.6 is 0 Å². The van der Waals surface area contributed by atoms with Crippen LogP contribution < -0.4 is 0 Å². The van der Waals surface area contributed by atoms with Gasteiger partial charge in [0.1, 0.15) is 5.82 Å². The van der Waals surface area contributed by atoms with Gasteiger partial charge >= 0.3 is 0 Å². The number of nitrogens with zero attached hydrogens (tertiary/aromatic N) is 4. The number of hydrogen-bond donors (Lipinski definition) is 0. The van der Waals surface area contributed by atoms with Gasteiger partial charge in [-0.3, -0.25) is 4.90 Å². The molecule has 4 heteroatoms. The van der Waals surface area contributed by atoms with Gasteiger partial charge < -0.3 is 4.57 Å². The number of aryl methyl sites for hydroxylation is 1. The fraction of sp³-hybridized carbons (Fsp3) is 0.231. The maximum absolute atomic E-state index is 4.48. The van der Waals surface area contributed by atoms with E-state index < -0.39 is 0 Å². The highest BCUT2D eigenvalue weighted by Gasteiger charge is 2.19. The molecule has 5 rings (SSSR count). The normalized spacial score (nSPS) is 14.3. The van der Waals surface area contributed by atoms with Gasteiger partial charge in [0.15, 0.2) is 5.82 Å². The standard InChI is InChI=1S/C26H26N4/c1-20-8-5-6-13-24(20)23-12-7-9-21(18-23)19-29-15-14-25-27-28-26(30(25)17-16-29)22-10-3-2-4-11-22/h2-13,18H,14-17,19H2,1H3. The lowest BCUT2D eigenvalue weighted by Crippen LogP contribution is -2.26. The number of hydrogen-bond acceptors (Lipinski definition) is 3. The van der Waals surface area contributed by atoms with Crippen LogP contribution in [-0.2, 0) is 19.5 Å². The summed E-state index contributed by atoms with van der Waals surface area (Å²) in [5.41, 5.74) is 6.42. The van der Waals surface area contributed by atoms with Crippen molar-refractivity contribution in [2.45, 2.75) is 26.4 Å². The summed E-state index contributed by atoms with van der Waals surface area (Å²) in [7, 11) is 0. The monoisotopic (exact) mass is 394 g/mol. The SMILES string of the molecule is Cc1ccccc1-c1cccc(CN2CCc3nnc(-c4ccccc4)n3CC2)c1. The molecule has 4 nitrogen and oxygen atoms in total. The van der Waals surface area contributed by atoms with E-state index in [9.17, 15) is 0 Å². The molecule has 0 amide bonds. The maximum Gasteiger partial charge on any atom is 0.164 e. The molecule has 0 N–H and O–H groups in total. The van der Waals surface area contributed by atoms with Crippen LogP contribution in [0.3, 0.4) is 0 Å². The predicted octanol–water partition coefficient (Wildman–Crippen LogP) is 4.98. The van der Waals surface area contributed by atoms with Crippen molar-refractivity contribution >= 4 is 0 Å². The second kappa shape index (κ2) is 8.25. The molecular weight excluding hydrogens is 368 g/mol. The van der Waals surface area contributed by atoms with Crippen molar-refractivity contribution in [2.75, 3.05) is 13.1 Å². The lowest BCUT2D eigenvalue weighted by Gasteiger charge is -2.20. The zero-order valence-electron chi connectivity index (χ0n) is 17.3. The number of rotatable bonds is 4. The smallest absolute Gasteiger partial charge is 0.164 e. The summed E-state index contributed by atoms with van der Waals surface area (Å²) in [4.78, 5) is 2.53. The van der Waals surface area contributed by atoms with E-state index in [1.807, 2.05) is 6.07 Å². The molecule has 1 aromatic heterocycles. The maximum atomic E-state index is 4.48. The van der Waals surface area contributed by atoms with Gasteiger partial charge in [-0.1, -0.05) is 72.8 Å². The Labute approximate surface area is 177 Å². The minimum Gasteiger partial charge on any atom is -0.310 e. The Morgan fingerprint density at radius 2 is 1.57 bits per heavy atom. The first kappa shape index (κ1) is 18.8. The summed E-state index contributed by atoms with van der Waals surface area (Å²) >= 11 is 0. The summed E-state index contributed by atoms with van der Waals surface area (Å²) in [6.07, 6.45) is 0.928. The minimum atomic E-state index is 0.921. The van der Waals surface area contributed by atoms with Crippen molar-refractivity contribution in [2.24, 2.45) is 0 Å². The van der Waals surface area contributed by atoms with Crippen LogP contribution in [0.4, 0.5) is 0 Å². The van der Waals surface area contributed by atoms with Crippen molar-refractivity contribution in [3.8, 4) is 22.5 Å². The number of fused-ring (bicyclic) bond motifs is 1. The van der Waals surface area contributed by atoms with E-state index in [-0.39, 0.29) is 0 Å². The molecule has 0 saturated carbocycles. The third-order valence-corrected chi connectivity index (χ3v) is 5.94. The Morgan fingerprint density at radius 3 is 2.43 bits per heavy atom. The van der Waals surface area contributed by atoms with Gasteiger partial charge in [0.25, 0.3) is 0 Å². The molecule has 0 fully saturated rings. The number of benzene rings is 3. The molecule has 3 aromatic carbocycles. The van der Waals surface area contributed by atoms with E-state index >= 15 is 0 Å². The van der Waals surface area contributed by atoms with E-state index in [1.54, 1.807) is 0 Å². The van der Waals surface area contributed by atoms with Crippen molar-refractivity contribution in [3.63, 3.8) is 0 Å². The molecule has 0 radical (unpaired) electrons. The van der Waals surface area contributed by atoms with E-state index in [0.29, 0.717) is 0 Å². The van der Waals surface area contributed by atoms with E-state index in [4.69, 9.17) is 0 Å². The first-order chi connectivity index (χ1) is 14.8. The summed E-state index contributed by atoms with van der Waals surface area (Å²) in [5, 5.41) is 8.95. The summed E-state index contributed by atoms with van der Waals surface area (Å²) in [5.74, 6) is 2.07. The van der Waals surface area contributed by atoms with Crippen LogP contribution in [0.2, 0.25) is 0 Å². The molecule has 0 aliphatic carbocycles. The third kappa shape index (κ3) is 3.79. The van der Waals surface area contributed by atoms with Crippen molar-refractivity contribution in [1.29, 1.82) is 0 Å². The Morgan fingerprint density at radius 1 is 0.767 bits per heavy atom. The Kier molecular flexibility index (Phi) is 5.16. The molecule has 0 atom stereocenters.